The van der Waals surface area contributed by atoms with Gasteiger partial charge in [-0.05, 0) is 35.9 Å². The number of anilines is 1. The molecular formula is C20H16N4O6. The van der Waals surface area contributed by atoms with Crippen LogP contribution in [0.3, 0.4) is 0 Å². The fourth-order valence-corrected chi connectivity index (χ4v) is 2.55. The Bertz CT molecular complexity index is 1120. The first-order chi connectivity index (χ1) is 14.5. The lowest BCUT2D eigenvalue weighted by Crippen LogP contribution is -1.97. The summed E-state index contributed by atoms with van der Waals surface area (Å²) in [6.07, 6.45) is 1.55. The molecule has 1 N–H and O–H groups in total. The van der Waals surface area contributed by atoms with Crippen LogP contribution in [-0.4, -0.2) is 23.2 Å². The van der Waals surface area contributed by atoms with E-state index in [0.717, 1.165) is 12.1 Å². The van der Waals surface area contributed by atoms with Crippen LogP contribution >= 0.6 is 0 Å². The molecule has 152 valence electrons. The zero-order chi connectivity index (χ0) is 21.5. The highest BCUT2D eigenvalue weighted by Crippen LogP contribution is 2.34. The summed E-state index contributed by atoms with van der Waals surface area (Å²) in [5.74, 6) is 0.845. The Morgan fingerprint density at radius 3 is 2.47 bits per heavy atom. The number of nitrogens with zero attached hydrogens (tertiary/aromatic N) is 3. The molecule has 0 aliphatic heterocycles. The molecule has 0 aliphatic carbocycles. The first-order valence-corrected chi connectivity index (χ1v) is 8.61. The van der Waals surface area contributed by atoms with Gasteiger partial charge >= 0.3 is 5.69 Å². The van der Waals surface area contributed by atoms with E-state index in [9.17, 15) is 20.2 Å². The van der Waals surface area contributed by atoms with E-state index in [4.69, 9.17) is 9.47 Å². The third-order valence-electron chi connectivity index (χ3n) is 3.94. The second-order valence-electron chi connectivity index (χ2n) is 5.91. The summed E-state index contributed by atoms with van der Waals surface area (Å²) in [4.78, 5) is 20.7. The average molecular weight is 408 g/mol. The van der Waals surface area contributed by atoms with Gasteiger partial charge in [-0.3, -0.25) is 25.7 Å². The summed E-state index contributed by atoms with van der Waals surface area (Å²) in [5, 5.41) is 26.2. The number of hydrogen-bond acceptors (Lipinski definition) is 8. The maximum absolute atomic E-state index is 11.2. The fourth-order valence-electron chi connectivity index (χ4n) is 2.55. The number of methoxy groups -OCH3 is 1. The van der Waals surface area contributed by atoms with Gasteiger partial charge in [0.2, 0.25) is 5.75 Å². The predicted molar refractivity (Wildman–Crippen MR) is 110 cm³/mol. The number of rotatable bonds is 8. The van der Waals surface area contributed by atoms with Crippen LogP contribution in [0.25, 0.3) is 0 Å². The van der Waals surface area contributed by atoms with Crippen LogP contribution in [0.5, 0.6) is 17.2 Å². The minimum Gasteiger partial charge on any atom is -0.495 e. The lowest BCUT2D eigenvalue weighted by molar-refractivity contribution is -0.394. The van der Waals surface area contributed by atoms with Crippen molar-refractivity contribution >= 4 is 23.3 Å². The topological polar surface area (TPSA) is 129 Å². The van der Waals surface area contributed by atoms with Crippen LogP contribution in [0.15, 0.2) is 71.8 Å². The summed E-state index contributed by atoms with van der Waals surface area (Å²) < 4.78 is 10.8. The van der Waals surface area contributed by atoms with E-state index in [-0.39, 0.29) is 5.75 Å². The molecular weight excluding hydrogens is 392 g/mol. The largest absolute Gasteiger partial charge is 0.495 e. The fraction of sp³-hybridized carbons (Fsp3) is 0.0500. The van der Waals surface area contributed by atoms with Crippen molar-refractivity contribution < 1.29 is 19.3 Å². The van der Waals surface area contributed by atoms with Gasteiger partial charge < -0.3 is 9.47 Å². The molecule has 0 heterocycles. The second kappa shape index (κ2) is 9.15. The molecule has 0 unspecified atom stereocenters. The van der Waals surface area contributed by atoms with Gasteiger partial charge in [0, 0.05) is 6.07 Å². The molecule has 0 aromatic heterocycles. The van der Waals surface area contributed by atoms with E-state index >= 15 is 0 Å². The van der Waals surface area contributed by atoms with E-state index in [1.807, 2.05) is 18.2 Å². The molecule has 3 aromatic rings. The Balaban J connectivity index is 1.77. The Morgan fingerprint density at radius 1 is 0.933 bits per heavy atom. The number of nitro groups is 2. The van der Waals surface area contributed by atoms with Crippen molar-refractivity contribution in [2.75, 3.05) is 12.5 Å². The molecule has 0 fully saturated rings. The van der Waals surface area contributed by atoms with Crippen LogP contribution in [0, 0.1) is 20.2 Å². The number of hydrazone groups is 1. The highest BCUT2D eigenvalue weighted by molar-refractivity contribution is 5.81. The Hall–Kier alpha value is -4.47. The first-order valence-electron chi connectivity index (χ1n) is 8.61. The first kappa shape index (κ1) is 20.3. The molecule has 0 bridgehead atoms. The van der Waals surface area contributed by atoms with E-state index in [0.29, 0.717) is 22.7 Å². The maximum atomic E-state index is 11.2. The molecule has 0 radical (unpaired) electrons. The lowest BCUT2D eigenvalue weighted by atomic mass is 10.2. The quantitative estimate of drug-likeness (QED) is 0.323. The van der Waals surface area contributed by atoms with Gasteiger partial charge in [-0.25, -0.2) is 0 Å². The standard InChI is InChI=1S/C20H16N4O6/c1-29-19-8-3-2-7-17(19)22-21-13-14-5-4-6-16(11-14)30-20-10-9-15(23(25)26)12-18(20)24(27)28/h2-13,22H,1H3. The van der Waals surface area contributed by atoms with Crippen LogP contribution in [0.1, 0.15) is 5.56 Å². The van der Waals surface area contributed by atoms with Crippen molar-refractivity contribution in [3.8, 4) is 17.2 Å². The SMILES string of the molecule is COc1ccccc1NN=Cc1cccc(Oc2ccc([N+](=O)[O-])cc2[N+](=O)[O-])c1. The monoisotopic (exact) mass is 408 g/mol. The highest BCUT2D eigenvalue weighted by atomic mass is 16.6. The summed E-state index contributed by atoms with van der Waals surface area (Å²) in [6.45, 7) is 0. The molecule has 30 heavy (non-hydrogen) atoms. The van der Waals surface area contributed by atoms with Gasteiger partial charge in [-0.2, -0.15) is 5.10 Å². The molecule has 0 saturated heterocycles. The number of ether oxygens (including phenoxy) is 2. The normalized spacial score (nSPS) is 10.6. The zero-order valence-electron chi connectivity index (χ0n) is 15.7. The number of non-ortho nitro benzene ring substituents is 1. The number of nitrogens with one attached hydrogen (secondary N) is 1. The number of para-hydroxylation sites is 2. The molecule has 0 atom stereocenters. The van der Waals surface area contributed by atoms with E-state index in [1.165, 1.54) is 6.07 Å². The van der Waals surface area contributed by atoms with Gasteiger partial charge in [0.05, 0.1) is 34.9 Å². The third kappa shape index (κ3) is 4.87. The van der Waals surface area contributed by atoms with E-state index in [2.05, 4.69) is 10.5 Å². The number of nitro benzene ring substituents is 2. The minimum atomic E-state index is -0.731. The van der Waals surface area contributed by atoms with Crippen molar-refractivity contribution in [3.63, 3.8) is 0 Å². The Kier molecular flexibility index (Phi) is 6.18. The van der Waals surface area contributed by atoms with Crippen LogP contribution < -0.4 is 14.9 Å². The van der Waals surface area contributed by atoms with Crippen molar-refractivity contribution in [3.05, 3.63) is 92.5 Å². The minimum absolute atomic E-state index is 0.105. The van der Waals surface area contributed by atoms with Crippen LogP contribution in [0.4, 0.5) is 17.1 Å². The smallest absolute Gasteiger partial charge is 0.318 e. The Morgan fingerprint density at radius 2 is 1.73 bits per heavy atom. The molecule has 0 aliphatic rings. The van der Waals surface area contributed by atoms with Gasteiger partial charge in [0.15, 0.2) is 0 Å². The summed E-state index contributed by atoms with van der Waals surface area (Å²) in [7, 11) is 1.56. The number of benzene rings is 3. The predicted octanol–water partition coefficient (Wildman–Crippen LogP) is 4.75. The number of hydrogen-bond donors (Lipinski definition) is 1. The zero-order valence-corrected chi connectivity index (χ0v) is 15.7. The van der Waals surface area contributed by atoms with Crippen molar-refractivity contribution in [1.29, 1.82) is 0 Å². The molecule has 10 heteroatoms. The molecule has 3 aromatic carbocycles. The lowest BCUT2D eigenvalue weighted by Gasteiger charge is -2.07. The molecule has 10 nitrogen and oxygen atoms in total. The summed E-state index contributed by atoms with van der Waals surface area (Å²) >= 11 is 0. The van der Waals surface area contributed by atoms with Crippen molar-refractivity contribution in [2.24, 2.45) is 5.10 Å². The summed E-state index contributed by atoms with van der Waals surface area (Å²) in [6, 6.07) is 17.2. The van der Waals surface area contributed by atoms with Crippen molar-refractivity contribution in [1.82, 2.24) is 0 Å². The maximum Gasteiger partial charge on any atom is 0.318 e. The molecule has 0 saturated carbocycles. The van der Waals surface area contributed by atoms with Crippen LogP contribution in [-0.2, 0) is 0 Å². The van der Waals surface area contributed by atoms with Crippen LogP contribution in [0.2, 0.25) is 0 Å². The third-order valence-corrected chi connectivity index (χ3v) is 3.94. The van der Waals surface area contributed by atoms with Gasteiger partial charge in [-0.15, -0.1) is 0 Å². The Labute approximate surface area is 170 Å². The van der Waals surface area contributed by atoms with Gasteiger partial charge in [0.1, 0.15) is 11.5 Å². The van der Waals surface area contributed by atoms with Gasteiger partial charge in [-0.1, -0.05) is 24.3 Å². The summed E-state index contributed by atoms with van der Waals surface area (Å²) in [5.41, 5.74) is 3.33. The van der Waals surface area contributed by atoms with E-state index < -0.39 is 21.2 Å². The second-order valence-corrected chi connectivity index (χ2v) is 5.91. The molecule has 3 rings (SSSR count). The van der Waals surface area contributed by atoms with E-state index in [1.54, 1.807) is 43.7 Å². The average Bonchev–Trinajstić information content (AvgIpc) is 2.74. The molecule has 0 spiro atoms. The van der Waals surface area contributed by atoms with Crippen molar-refractivity contribution in [2.45, 2.75) is 0 Å². The molecule has 0 amide bonds. The van der Waals surface area contributed by atoms with Gasteiger partial charge in [0.25, 0.3) is 5.69 Å². The highest BCUT2D eigenvalue weighted by Gasteiger charge is 2.21.